The molecule has 0 fully saturated rings. The highest BCUT2D eigenvalue weighted by atomic mass is 32.2. The van der Waals surface area contributed by atoms with Crippen molar-refractivity contribution in [2.45, 2.75) is 39.5 Å². The van der Waals surface area contributed by atoms with Gasteiger partial charge in [-0.25, -0.2) is 18.7 Å². The third-order valence-electron chi connectivity index (χ3n) is 6.80. The molecular weight excluding hydrogens is 472 g/mol. The van der Waals surface area contributed by atoms with Gasteiger partial charge in [-0.3, -0.25) is 4.79 Å². The lowest BCUT2D eigenvalue weighted by atomic mass is 9.93. The van der Waals surface area contributed by atoms with E-state index in [-0.39, 0.29) is 16.6 Å². The number of likely N-dealkylation sites (N-methyl/N-ethyl adjacent to an activating group) is 1. The first-order valence-corrected chi connectivity index (χ1v) is 14.0. The molecule has 2 heterocycles. The van der Waals surface area contributed by atoms with Gasteiger partial charge in [0.1, 0.15) is 5.65 Å². The van der Waals surface area contributed by atoms with Gasteiger partial charge in [0.15, 0.2) is 9.84 Å². The van der Waals surface area contributed by atoms with Gasteiger partial charge in [0.05, 0.1) is 22.7 Å². The van der Waals surface area contributed by atoms with Crippen molar-refractivity contribution in [3.63, 3.8) is 0 Å². The highest BCUT2D eigenvalue weighted by molar-refractivity contribution is 7.91. The molecule has 0 aliphatic heterocycles. The monoisotopic (exact) mass is 505 g/mol. The zero-order chi connectivity index (χ0) is 26.0. The van der Waals surface area contributed by atoms with Crippen LogP contribution in [-0.4, -0.2) is 61.1 Å². The molecule has 0 aliphatic rings. The van der Waals surface area contributed by atoms with Gasteiger partial charge in [0, 0.05) is 29.1 Å². The molecule has 2 aromatic carbocycles. The first-order chi connectivity index (χ1) is 17.2. The van der Waals surface area contributed by atoms with Gasteiger partial charge in [-0.05, 0) is 73.5 Å². The molecule has 189 valence electrons. The average molecular weight is 506 g/mol. The minimum Gasteiger partial charge on any atom is -0.339 e. The second-order valence-electron chi connectivity index (χ2n) is 9.03. The van der Waals surface area contributed by atoms with E-state index in [1.807, 2.05) is 26.0 Å². The molecule has 0 bridgehead atoms. The van der Waals surface area contributed by atoms with Crippen LogP contribution in [0.3, 0.4) is 0 Å². The minimum atomic E-state index is -3.39. The highest BCUT2D eigenvalue weighted by Gasteiger charge is 2.22. The molecule has 1 radical (unpaired) electrons. The van der Waals surface area contributed by atoms with E-state index < -0.39 is 9.84 Å². The molecule has 8 heteroatoms. The Labute approximate surface area is 212 Å². The summed E-state index contributed by atoms with van der Waals surface area (Å²) in [6, 6.07) is 10.9. The zero-order valence-electron chi connectivity index (χ0n) is 21.6. The summed E-state index contributed by atoms with van der Waals surface area (Å²) in [6.07, 6.45) is 1.80. The average Bonchev–Trinajstić information content (AvgIpc) is 3.26. The second-order valence-corrected chi connectivity index (χ2v) is 11.3. The number of pyridine rings is 1. The van der Waals surface area contributed by atoms with E-state index in [4.69, 9.17) is 0 Å². The van der Waals surface area contributed by atoms with Crippen molar-refractivity contribution in [1.29, 1.82) is 0 Å². The standard InChI is InChI=1S/C28H33N4O3S/c1-6-32(7-2)13-12-29-28(33)22-16-23(20-10-9-11-21(15-20)36(34,35)8-3)25-24-14-18(4)17-30-27(24)31-26(25)19(22)5/h9-11,14-17H,6-8,12-13H2,1-5H3,(H,30,31). The SMILES string of the molecule is CCN(CC)CC[N]C(=O)c1cc(-c2cccc(S(=O)(=O)CC)c2)c2c([nH]c3ncc(C)cc32)c1C. The van der Waals surface area contributed by atoms with Crippen LogP contribution in [0, 0.1) is 13.8 Å². The minimum absolute atomic E-state index is 0.0190. The van der Waals surface area contributed by atoms with Crippen LogP contribution >= 0.6 is 0 Å². The lowest BCUT2D eigenvalue weighted by molar-refractivity contribution is 0.0943. The number of nitrogens with one attached hydrogen (secondary N) is 1. The maximum atomic E-state index is 13.3. The number of amides is 1. The van der Waals surface area contributed by atoms with E-state index in [0.29, 0.717) is 12.1 Å². The van der Waals surface area contributed by atoms with Crippen molar-refractivity contribution in [2.75, 3.05) is 31.9 Å². The molecule has 7 nitrogen and oxygen atoms in total. The van der Waals surface area contributed by atoms with Crippen LogP contribution in [-0.2, 0) is 9.84 Å². The van der Waals surface area contributed by atoms with E-state index >= 15 is 0 Å². The number of benzene rings is 2. The molecule has 4 rings (SSSR count). The Bertz CT molecular complexity index is 1540. The molecule has 2 aromatic heterocycles. The van der Waals surface area contributed by atoms with Crippen molar-refractivity contribution in [3.8, 4) is 11.1 Å². The molecule has 0 aliphatic carbocycles. The molecule has 0 saturated heterocycles. The number of hydrogen-bond donors (Lipinski definition) is 1. The molecule has 36 heavy (non-hydrogen) atoms. The summed E-state index contributed by atoms with van der Waals surface area (Å²) in [5.41, 5.74) is 5.37. The van der Waals surface area contributed by atoms with Crippen LogP contribution < -0.4 is 5.32 Å². The van der Waals surface area contributed by atoms with Crippen molar-refractivity contribution in [1.82, 2.24) is 20.2 Å². The summed E-state index contributed by atoms with van der Waals surface area (Å²) < 4.78 is 25.2. The number of fused-ring (bicyclic) bond motifs is 3. The number of carbonyl (C=O) groups excluding carboxylic acids is 1. The van der Waals surface area contributed by atoms with E-state index in [1.54, 1.807) is 31.3 Å². The van der Waals surface area contributed by atoms with Crippen molar-refractivity contribution < 1.29 is 13.2 Å². The smallest absolute Gasteiger partial charge is 0.272 e. The number of carbonyl (C=O) groups is 1. The number of rotatable bonds is 9. The maximum Gasteiger partial charge on any atom is 0.272 e. The Kier molecular flexibility index (Phi) is 7.47. The van der Waals surface area contributed by atoms with Gasteiger partial charge >= 0.3 is 0 Å². The third kappa shape index (κ3) is 4.88. The van der Waals surface area contributed by atoms with Crippen molar-refractivity contribution in [2.24, 2.45) is 0 Å². The lowest BCUT2D eigenvalue weighted by Gasteiger charge is -2.17. The van der Waals surface area contributed by atoms with Crippen LogP contribution in [0.4, 0.5) is 0 Å². The Balaban J connectivity index is 1.90. The summed E-state index contributed by atoms with van der Waals surface area (Å²) in [4.78, 5) is 23.7. The van der Waals surface area contributed by atoms with Gasteiger partial charge in [0.2, 0.25) is 0 Å². The number of aromatic nitrogens is 2. The number of H-pyrrole nitrogens is 1. The zero-order valence-corrected chi connectivity index (χ0v) is 22.4. The van der Waals surface area contributed by atoms with Gasteiger partial charge in [-0.1, -0.05) is 32.9 Å². The Morgan fingerprint density at radius 1 is 1.08 bits per heavy atom. The fourth-order valence-electron chi connectivity index (χ4n) is 4.59. The molecular formula is C28H33N4O3S. The van der Waals surface area contributed by atoms with E-state index in [1.165, 1.54) is 0 Å². The number of aryl methyl sites for hydroxylation is 2. The summed E-state index contributed by atoms with van der Waals surface area (Å²) >= 11 is 0. The molecule has 1 N–H and O–H groups in total. The molecule has 0 atom stereocenters. The van der Waals surface area contributed by atoms with Crippen molar-refractivity contribution >= 4 is 37.7 Å². The Morgan fingerprint density at radius 3 is 2.53 bits per heavy atom. The van der Waals surface area contributed by atoms with Crippen LogP contribution in [0.15, 0.2) is 47.5 Å². The van der Waals surface area contributed by atoms with E-state index in [0.717, 1.165) is 63.8 Å². The van der Waals surface area contributed by atoms with Crippen LogP contribution in [0.2, 0.25) is 0 Å². The number of aromatic amines is 1. The number of hydrogen-bond acceptors (Lipinski definition) is 5. The summed E-state index contributed by atoms with van der Waals surface area (Å²) in [5.74, 6) is -0.256. The Morgan fingerprint density at radius 2 is 1.83 bits per heavy atom. The lowest BCUT2D eigenvalue weighted by Crippen LogP contribution is -2.31. The molecule has 1 amide bonds. The molecule has 4 aromatic rings. The second kappa shape index (κ2) is 10.4. The van der Waals surface area contributed by atoms with Crippen LogP contribution in [0.1, 0.15) is 42.3 Å². The van der Waals surface area contributed by atoms with Gasteiger partial charge < -0.3 is 9.88 Å². The fraction of sp³-hybridized carbons (Fsp3) is 0.357. The molecule has 0 saturated carbocycles. The maximum absolute atomic E-state index is 13.3. The normalized spacial score (nSPS) is 12.1. The van der Waals surface area contributed by atoms with Crippen molar-refractivity contribution in [3.05, 3.63) is 59.3 Å². The first kappa shape index (κ1) is 25.9. The summed E-state index contributed by atoms with van der Waals surface area (Å²) in [5, 5.41) is 6.22. The third-order valence-corrected chi connectivity index (χ3v) is 8.54. The molecule has 0 unspecified atom stereocenters. The van der Waals surface area contributed by atoms with Crippen LogP contribution in [0.5, 0.6) is 0 Å². The topological polar surface area (TPSA) is 97.2 Å². The fourth-order valence-corrected chi connectivity index (χ4v) is 5.51. The molecule has 0 spiro atoms. The highest BCUT2D eigenvalue weighted by Crippen LogP contribution is 2.38. The first-order valence-electron chi connectivity index (χ1n) is 12.4. The summed E-state index contributed by atoms with van der Waals surface area (Å²) in [7, 11) is -3.39. The number of sulfone groups is 1. The largest absolute Gasteiger partial charge is 0.339 e. The van der Waals surface area contributed by atoms with E-state index in [2.05, 4.69) is 40.1 Å². The van der Waals surface area contributed by atoms with E-state index in [9.17, 15) is 13.2 Å². The van der Waals surface area contributed by atoms with Gasteiger partial charge in [0.25, 0.3) is 5.91 Å². The van der Waals surface area contributed by atoms with Crippen LogP contribution in [0.25, 0.3) is 33.1 Å². The predicted octanol–water partition coefficient (Wildman–Crippen LogP) is 4.88. The van der Waals surface area contributed by atoms with Gasteiger partial charge in [-0.15, -0.1) is 0 Å². The predicted molar refractivity (Wildman–Crippen MR) is 145 cm³/mol. The quantitative estimate of drug-likeness (QED) is 0.350. The summed E-state index contributed by atoms with van der Waals surface area (Å²) in [6.45, 7) is 12.7. The Hall–Kier alpha value is -3.23. The van der Waals surface area contributed by atoms with Gasteiger partial charge in [-0.2, -0.15) is 0 Å². The number of nitrogens with zero attached hydrogens (tertiary/aromatic N) is 3.